The molecule has 0 aliphatic carbocycles. The first-order valence-corrected chi connectivity index (χ1v) is 6.66. The number of aromatic nitrogens is 2. The number of nitrogens with one attached hydrogen (secondary N) is 1. The van der Waals surface area contributed by atoms with Gasteiger partial charge in [0.05, 0.1) is 5.69 Å². The molecule has 0 radical (unpaired) electrons. The van der Waals surface area contributed by atoms with Crippen LogP contribution >= 0.6 is 0 Å². The fraction of sp³-hybridized carbons (Fsp3) is 0.692. The van der Waals surface area contributed by atoms with Crippen molar-refractivity contribution in [1.82, 2.24) is 14.9 Å². The fourth-order valence-corrected chi connectivity index (χ4v) is 1.73. The van der Waals surface area contributed by atoms with E-state index in [0.717, 1.165) is 37.3 Å². The molecule has 18 heavy (non-hydrogen) atoms. The zero-order valence-corrected chi connectivity index (χ0v) is 11.6. The smallest absolute Gasteiger partial charge is 0.239 e. The molecule has 5 nitrogen and oxygen atoms in total. The zero-order chi connectivity index (χ0) is 13.5. The average molecular weight is 252 g/mol. The topological polar surface area (TPSA) is 72.9 Å². The van der Waals surface area contributed by atoms with Crippen molar-refractivity contribution in [2.45, 2.75) is 52.6 Å². The van der Waals surface area contributed by atoms with E-state index < -0.39 is 0 Å². The maximum Gasteiger partial charge on any atom is 0.239 e. The average Bonchev–Trinajstić information content (AvgIpc) is 2.72. The van der Waals surface area contributed by atoms with Gasteiger partial charge < -0.3 is 15.6 Å². The Balaban J connectivity index is 2.62. The molecule has 1 amide bonds. The molecule has 1 atom stereocenters. The highest BCUT2D eigenvalue weighted by molar-refractivity contribution is 5.75. The van der Waals surface area contributed by atoms with Crippen molar-refractivity contribution in [3.05, 3.63) is 17.7 Å². The number of unbranched alkanes of at least 4 members (excludes halogenated alkanes) is 1. The van der Waals surface area contributed by atoms with Crippen LogP contribution in [0.25, 0.3) is 0 Å². The molecule has 0 aliphatic rings. The SMILES string of the molecule is CCCCNC(=O)Cn1cc(C(C)N)nc1CC. The van der Waals surface area contributed by atoms with E-state index in [-0.39, 0.29) is 11.9 Å². The minimum absolute atomic E-state index is 0.0341. The fourth-order valence-electron chi connectivity index (χ4n) is 1.73. The van der Waals surface area contributed by atoms with Crippen molar-refractivity contribution in [3.8, 4) is 0 Å². The number of imidazole rings is 1. The van der Waals surface area contributed by atoms with Crippen LogP contribution in [0.1, 0.15) is 51.2 Å². The van der Waals surface area contributed by atoms with Crippen molar-refractivity contribution < 1.29 is 4.79 Å². The van der Waals surface area contributed by atoms with Gasteiger partial charge in [-0.2, -0.15) is 0 Å². The largest absolute Gasteiger partial charge is 0.355 e. The lowest BCUT2D eigenvalue weighted by Crippen LogP contribution is -2.28. The summed E-state index contributed by atoms with van der Waals surface area (Å²) < 4.78 is 1.89. The van der Waals surface area contributed by atoms with Gasteiger partial charge in [-0.05, 0) is 13.3 Å². The predicted octanol–water partition coefficient (Wildman–Crippen LogP) is 1.38. The highest BCUT2D eigenvalue weighted by atomic mass is 16.1. The Hall–Kier alpha value is -1.36. The molecular weight excluding hydrogens is 228 g/mol. The Morgan fingerprint density at radius 3 is 2.83 bits per heavy atom. The van der Waals surface area contributed by atoms with E-state index in [4.69, 9.17) is 5.73 Å². The number of aryl methyl sites for hydroxylation is 1. The van der Waals surface area contributed by atoms with E-state index in [0.29, 0.717) is 6.54 Å². The Kier molecular flexibility index (Phi) is 5.85. The second kappa shape index (κ2) is 7.16. The van der Waals surface area contributed by atoms with Crippen molar-refractivity contribution in [3.63, 3.8) is 0 Å². The first-order chi connectivity index (χ1) is 8.58. The predicted molar refractivity (Wildman–Crippen MR) is 72.1 cm³/mol. The summed E-state index contributed by atoms with van der Waals surface area (Å²) in [5.41, 5.74) is 6.64. The van der Waals surface area contributed by atoms with Gasteiger partial charge in [0.25, 0.3) is 0 Å². The lowest BCUT2D eigenvalue weighted by atomic mass is 10.3. The molecule has 0 saturated carbocycles. The summed E-state index contributed by atoms with van der Waals surface area (Å²) in [4.78, 5) is 16.2. The number of rotatable bonds is 7. The molecule has 1 aromatic heterocycles. The van der Waals surface area contributed by atoms with E-state index in [2.05, 4.69) is 17.2 Å². The minimum atomic E-state index is -0.0975. The van der Waals surface area contributed by atoms with E-state index in [9.17, 15) is 4.79 Å². The third-order valence-electron chi connectivity index (χ3n) is 2.83. The Bertz CT molecular complexity index is 384. The summed E-state index contributed by atoms with van der Waals surface area (Å²) in [5.74, 6) is 0.944. The van der Waals surface area contributed by atoms with Crippen molar-refractivity contribution in [1.29, 1.82) is 0 Å². The molecule has 0 aromatic carbocycles. The van der Waals surface area contributed by atoms with Gasteiger partial charge in [-0.3, -0.25) is 4.79 Å². The summed E-state index contributed by atoms with van der Waals surface area (Å²) in [6, 6.07) is -0.0975. The van der Waals surface area contributed by atoms with Gasteiger partial charge in [0.2, 0.25) is 5.91 Å². The van der Waals surface area contributed by atoms with Gasteiger partial charge in [-0.25, -0.2) is 4.98 Å². The summed E-state index contributed by atoms with van der Waals surface area (Å²) >= 11 is 0. The molecule has 0 saturated heterocycles. The van der Waals surface area contributed by atoms with Crippen LogP contribution < -0.4 is 11.1 Å². The summed E-state index contributed by atoms with van der Waals surface area (Å²) in [5, 5.41) is 2.90. The molecule has 1 unspecified atom stereocenters. The van der Waals surface area contributed by atoms with Gasteiger partial charge in [-0.15, -0.1) is 0 Å². The molecule has 0 spiro atoms. The van der Waals surface area contributed by atoms with Crippen molar-refractivity contribution in [2.24, 2.45) is 5.73 Å². The monoisotopic (exact) mass is 252 g/mol. The van der Waals surface area contributed by atoms with Crippen molar-refractivity contribution >= 4 is 5.91 Å². The highest BCUT2D eigenvalue weighted by Gasteiger charge is 2.11. The highest BCUT2D eigenvalue weighted by Crippen LogP contribution is 2.10. The van der Waals surface area contributed by atoms with Gasteiger partial charge in [0.1, 0.15) is 12.4 Å². The van der Waals surface area contributed by atoms with Crippen LogP contribution in [0.15, 0.2) is 6.20 Å². The number of hydrogen-bond donors (Lipinski definition) is 2. The lowest BCUT2D eigenvalue weighted by molar-refractivity contribution is -0.121. The molecule has 0 fully saturated rings. The third-order valence-corrected chi connectivity index (χ3v) is 2.83. The van der Waals surface area contributed by atoms with Gasteiger partial charge >= 0.3 is 0 Å². The van der Waals surface area contributed by atoms with Gasteiger partial charge in [0.15, 0.2) is 0 Å². The summed E-state index contributed by atoms with van der Waals surface area (Å²) in [7, 11) is 0. The Morgan fingerprint density at radius 1 is 1.56 bits per heavy atom. The van der Waals surface area contributed by atoms with Gasteiger partial charge in [-0.1, -0.05) is 20.3 Å². The number of hydrogen-bond acceptors (Lipinski definition) is 3. The molecule has 5 heteroatoms. The second-order valence-corrected chi connectivity index (χ2v) is 4.56. The summed E-state index contributed by atoms with van der Waals surface area (Å²) in [6.45, 7) is 7.09. The molecule has 1 rings (SSSR count). The van der Waals surface area contributed by atoms with Crippen LogP contribution in [0.2, 0.25) is 0 Å². The molecule has 0 aliphatic heterocycles. The zero-order valence-electron chi connectivity index (χ0n) is 11.6. The summed E-state index contributed by atoms with van der Waals surface area (Å²) in [6.07, 6.45) is 4.78. The van der Waals surface area contributed by atoms with Gasteiger partial charge in [0, 0.05) is 25.2 Å². The van der Waals surface area contributed by atoms with Crippen LogP contribution in [0, 0.1) is 0 Å². The van der Waals surface area contributed by atoms with E-state index >= 15 is 0 Å². The number of carbonyl (C=O) groups excluding carboxylic acids is 1. The Labute approximate surface area is 109 Å². The maximum absolute atomic E-state index is 11.7. The first kappa shape index (κ1) is 14.7. The van der Waals surface area contributed by atoms with Crippen LogP contribution in [0.3, 0.4) is 0 Å². The third kappa shape index (κ3) is 4.14. The molecular formula is C13H24N4O. The Morgan fingerprint density at radius 2 is 2.28 bits per heavy atom. The molecule has 1 heterocycles. The molecule has 3 N–H and O–H groups in total. The van der Waals surface area contributed by atoms with E-state index in [1.807, 2.05) is 24.6 Å². The minimum Gasteiger partial charge on any atom is -0.355 e. The van der Waals surface area contributed by atoms with Crippen LogP contribution in [0.5, 0.6) is 0 Å². The van der Waals surface area contributed by atoms with E-state index in [1.54, 1.807) is 0 Å². The molecule has 1 aromatic rings. The maximum atomic E-state index is 11.7. The normalized spacial score (nSPS) is 12.4. The number of nitrogens with two attached hydrogens (primary N) is 1. The van der Waals surface area contributed by atoms with Crippen LogP contribution in [-0.4, -0.2) is 22.0 Å². The van der Waals surface area contributed by atoms with Crippen molar-refractivity contribution in [2.75, 3.05) is 6.54 Å². The number of nitrogens with zero attached hydrogens (tertiary/aromatic N) is 2. The van der Waals surface area contributed by atoms with E-state index in [1.165, 1.54) is 0 Å². The quantitative estimate of drug-likeness (QED) is 0.720. The number of amides is 1. The molecule has 102 valence electrons. The lowest BCUT2D eigenvalue weighted by Gasteiger charge is -2.07. The second-order valence-electron chi connectivity index (χ2n) is 4.56. The van der Waals surface area contributed by atoms with Crippen LogP contribution in [0.4, 0.5) is 0 Å². The number of carbonyl (C=O) groups is 1. The van der Waals surface area contributed by atoms with Crippen LogP contribution in [-0.2, 0) is 17.8 Å². The first-order valence-electron chi connectivity index (χ1n) is 6.66. The molecule has 0 bridgehead atoms. The standard InChI is InChI=1S/C13H24N4O/c1-4-6-7-15-13(18)9-17-8-11(10(3)14)16-12(17)5-2/h8,10H,4-7,9,14H2,1-3H3,(H,15,18).